The van der Waals surface area contributed by atoms with E-state index in [-0.39, 0.29) is 11.9 Å². The Labute approximate surface area is 126 Å². The standard InChI is InChI=1S/C16H27NO2S/c1-4-6-7-8-9-10-11-14(16(18)19-5-2)15-13(3)17-12-20-15/h12,14H,4-11H2,1-3H3. The van der Waals surface area contributed by atoms with Crippen LogP contribution in [0.5, 0.6) is 0 Å². The summed E-state index contributed by atoms with van der Waals surface area (Å²) in [7, 11) is 0. The molecule has 0 aliphatic heterocycles. The third-order valence-electron chi connectivity index (χ3n) is 3.52. The van der Waals surface area contributed by atoms with Crippen molar-refractivity contribution in [1.29, 1.82) is 0 Å². The van der Waals surface area contributed by atoms with Crippen LogP contribution in [0.2, 0.25) is 0 Å². The van der Waals surface area contributed by atoms with Crippen molar-refractivity contribution in [3.8, 4) is 0 Å². The number of ether oxygens (including phenoxy) is 1. The highest BCUT2D eigenvalue weighted by molar-refractivity contribution is 7.10. The minimum absolute atomic E-state index is 0.0894. The molecule has 0 aliphatic carbocycles. The fourth-order valence-corrected chi connectivity index (χ4v) is 3.30. The lowest BCUT2D eigenvalue weighted by molar-refractivity contribution is -0.145. The molecule has 1 unspecified atom stereocenters. The molecule has 0 saturated carbocycles. The van der Waals surface area contributed by atoms with Gasteiger partial charge in [0.1, 0.15) is 0 Å². The van der Waals surface area contributed by atoms with Gasteiger partial charge in [0, 0.05) is 4.88 Å². The summed E-state index contributed by atoms with van der Waals surface area (Å²) in [6.45, 7) is 6.51. The number of nitrogens with zero attached hydrogens (tertiary/aromatic N) is 1. The molecule has 0 bridgehead atoms. The van der Waals surface area contributed by atoms with E-state index in [1.807, 2.05) is 19.4 Å². The maximum Gasteiger partial charge on any atom is 0.314 e. The maximum atomic E-state index is 12.1. The van der Waals surface area contributed by atoms with Gasteiger partial charge in [-0.2, -0.15) is 0 Å². The van der Waals surface area contributed by atoms with Gasteiger partial charge in [0.15, 0.2) is 0 Å². The van der Waals surface area contributed by atoms with Gasteiger partial charge in [0.2, 0.25) is 0 Å². The van der Waals surface area contributed by atoms with Gasteiger partial charge in [0.25, 0.3) is 0 Å². The molecule has 0 spiro atoms. The average Bonchev–Trinajstić information content (AvgIpc) is 2.84. The van der Waals surface area contributed by atoms with Gasteiger partial charge in [-0.15, -0.1) is 11.3 Å². The Kier molecular flexibility index (Phi) is 8.51. The minimum atomic E-state index is -0.117. The summed E-state index contributed by atoms with van der Waals surface area (Å²) in [5.74, 6) is -0.206. The van der Waals surface area contributed by atoms with Gasteiger partial charge >= 0.3 is 5.97 Å². The van der Waals surface area contributed by atoms with Crippen molar-refractivity contribution in [3.05, 3.63) is 16.1 Å². The summed E-state index contributed by atoms with van der Waals surface area (Å²) < 4.78 is 5.22. The van der Waals surface area contributed by atoms with Crippen LogP contribution in [0.15, 0.2) is 5.51 Å². The van der Waals surface area contributed by atoms with Crippen molar-refractivity contribution in [2.45, 2.75) is 71.6 Å². The molecule has 0 radical (unpaired) electrons. The van der Waals surface area contributed by atoms with Crippen LogP contribution < -0.4 is 0 Å². The molecule has 0 amide bonds. The highest BCUT2D eigenvalue weighted by atomic mass is 32.1. The first-order chi connectivity index (χ1) is 9.70. The van der Waals surface area contributed by atoms with E-state index in [1.54, 1.807) is 11.3 Å². The quantitative estimate of drug-likeness (QED) is 0.458. The summed E-state index contributed by atoms with van der Waals surface area (Å²) in [4.78, 5) is 17.5. The van der Waals surface area contributed by atoms with Crippen LogP contribution in [-0.2, 0) is 9.53 Å². The summed E-state index contributed by atoms with van der Waals surface area (Å²) in [5, 5.41) is 0. The molecule has 0 fully saturated rings. The van der Waals surface area contributed by atoms with Gasteiger partial charge in [-0.3, -0.25) is 4.79 Å². The van der Waals surface area contributed by atoms with Gasteiger partial charge in [-0.25, -0.2) is 4.98 Å². The third-order valence-corrected chi connectivity index (χ3v) is 4.56. The molecule has 0 saturated heterocycles. The van der Waals surface area contributed by atoms with Crippen molar-refractivity contribution in [1.82, 2.24) is 4.98 Å². The predicted octanol–water partition coefficient (Wildman–Crippen LogP) is 4.85. The molecule has 1 aromatic rings. The Balaban J connectivity index is 2.48. The predicted molar refractivity (Wildman–Crippen MR) is 84.2 cm³/mol. The second-order valence-electron chi connectivity index (χ2n) is 5.16. The van der Waals surface area contributed by atoms with Gasteiger partial charge in [-0.05, 0) is 20.3 Å². The third kappa shape index (κ3) is 5.61. The molecule has 1 atom stereocenters. The Morgan fingerprint density at radius 3 is 2.55 bits per heavy atom. The first-order valence-electron chi connectivity index (χ1n) is 7.77. The molecule has 1 rings (SSSR count). The van der Waals surface area contributed by atoms with E-state index >= 15 is 0 Å². The first kappa shape index (κ1) is 17.2. The lowest BCUT2D eigenvalue weighted by atomic mass is 9.98. The second kappa shape index (κ2) is 9.92. The second-order valence-corrected chi connectivity index (χ2v) is 6.05. The molecule has 114 valence electrons. The Morgan fingerprint density at radius 1 is 1.25 bits per heavy atom. The molecular formula is C16H27NO2S. The number of unbranched alkanes of at least 4 members (excludes halogenated alkanes) is 5. The monoisotopic (exact) mass is 297 g/mol. The van der Waals surface area contributed by atoms with E-state index in [0.29, 0.717) is 6.61 Å². The number of carbonyl (C=O) groups excluding carboxylic acids is 1. The molecule has 20 heavy (non-hydrogen) atoms. The van der Waals surface area contributed by atoms with Crippen LogP contribution in [0.25, 0.3) is 0 Å². The van der Waals surface area contributed by atoms with Crippen molar-refractivity contribution >= 4 is 17.3 Å². The van der Waals surface area contributed by atoms with Crippen LogP contribution in [0.4, 0.5) is 0 Å². The fourth-order valence-electron chi connectivity index (χ4n) is 2.37. The number of rotatable bonds is 10. The van der Waals surface area contributed by atoms with Crippen LogP contribution in [-0.4, -0.2) is 17.6 Å². The zero-order valence-corrected chi connectivity index (χ0v) is 13.8. The first-order valence-corrected chi connectivity index (χ1v) is 8.65. The van der Waals surface area contributed by atoms with E-state index in [2.05, 4.69) is 11.9 Å². The Bertz CT molecular complexity index is 390. The molecule has 1 aromatic heterocycles. The average molecular weight is 297 g/mol. The molecular weight excluding hydrogens is 270 g/mol. The lowest BCUT2D eigenvalue weighted by Crippen LogP contribution is -2.16. The van der Waals surface area contributed by atoms with E-state index in [9.17, 15) is 4.79 Å². The highest BCUT2D eigenvalue weighted by Gasteiger charge is 2.24. The minimum Gasteiger partial charge on any atom is -0.465 e. The highest BCUT2D eigenvalue weighted by Crippen LogP contribution is 2.29. The Morgan fingerprint density at radius 2 is 1.95 bits per heavy atom. The molecule has 4 heteroatoms. The topological polar surface area (TPSA) is 39.2 Å². The van der Waals surface area contributed by atoms with Crippen LogP contribution >= 0.6 is 11.3 Å². The van der Waals surface area contributed by atoms with Crippen LogP contribution in [0.3, 0.4) is 0 Å². The number of thiazole rings is 1. The molecule has 3 nitrogen and oxygen atoms in total. The van der Waals surface area contributed by atoms with E-state index in [0.717, 1.165) is 23.4 Å². The largest absolute Gasteiger partial charge is 0.465 e. The molecule has 0 aromatic carbocycles. The summed E-state index contributed by atoms with van der Waals surface area (Å²) >= 11 is 1.57. The lowest BCUT2D eigenvalue weighted by Gasteiger charge is -2.14. The smallest absolute Gasteiger partial charge is 0.314 e. The van der Waals surface area contributed by atoms with Crippen LogP contribution in [0.1, 0.15) is 75.3 Å². The van der Waals surface area contributed by atoms with E-state index in [1.165, 1.54) is 32.1 Å². The number of esters is 1. The number of carbonyl (C=O) groups is 1. The molecule has 1 heterocycles. The van der Waals surface area contributed by atoms with E-state index in [4.69, 9.17) is 4.74 Å². The number of hydrogen-bond acceptors (Lipinski definition) is 4. The fraction of sp³-hybridized carbons (Fsp3) is 0.750. The van der Waals surface area contributed by atoms with Crippen molar-refractivity contribution in [2.75, 3.05) is 6.61 Å². The molecule has 0 aliphatic rings. The maximum absolute atomic E-state index is 12.1. The zero-order valence-electron chi connectivity index (χ0n) is 13.0. The van der Waals surface area contributed by atoms with Gasteiger partial charge in [-0.1, -0.05) is 45.4 Å². The number of hydrogen-bond donors (Lipinski definition) is 0. The summed E-state index contributed by atoms with van der Waals surface area (Å²) in [6.07, 6.45) is 8.33. The Hall–Kier alpha value is -0.900. The number of aryl methyl sites for hydroxylation is 1. The SMILES string of the molecule is CCCCCCCCC(C(=O)OCC)c1scnc1C. The normalized spacial score (nSPS) is 12.3. The zero-order chi connectivity index (χ0) is 14.8. The van der Waals surface area contributed by atoms with Crippen molar-refractivity contribution in [3.63, 3.8) is 0 Å². The van der Waals surface area contributed by atoms with Crippen molar-refractivity contribution in [2.24, 2.45) is 0 Å². The molecule has 0 N–H and O–H groups in total. The number of aromatic nitrogens is 1. The van der Waals surface area contributed by atoms with Gasteiger partial charge in [0.05, 0.1) is 23.7 Å². The summed E-state index contributed by atoms with van der Waals surface area (Å²) in [5.41, 5.74) is 2.79. The van der Waals surface area contributed by atoms with E-state index < -0.39 is 0 Å². The van der Waals surface area contributed by atoms with Gasteiger partial charge < -0.3 is 4.74 Å². The summed E-state index contributed by atoms with van der Waals surface area (Å²) in [6, 6.07) is 0. The van der Waals surface area contributed by atoms with Crippen molar-refractivity contribution < 1.29 is 9.53 Å². The van der Waals surface area contributed by atoms with Crippen LogP contribution in [0, 0.1) is 6.92 Å².